The van der Waals surface area contributed by atoms with E-state index in [1.54, 1.807) is 0 Å². The lowest BCUT2D eigenvalue weighted by atomic mass is 10.2. The highest BCUT2D eigenvalue weighted by Gasteiger charge is 2.19. The Bertz CT molecular complexity index is 176. The maximum atomic E-state index is 11.2. The predicted molar refractivity (Wildman–Crippen MR) is 58.1 cm³/mol. The summed E-state index contributed by atoms with van der Waals surface area (Å²) in [4.78, 5) is 11.2. The molecular formula is C11H22N2O. The van der Waals surface area contributed by atoms with Crippen LogP contribution in [0, 0.1) is 5.92 Å². The van der Waals surface area contributed by atoms with E-state index < -0.39 is 0 Å². The molecule has 3 nitrogen and oxygen atoms in total. The molecule has 0 bridgehead atoms. The fraction of sp³-hybridized carbons (Fsp3) is 0.909. The Balaban J connectivity index is 1.86. The quantitative estimate of drug-likeness (QED) is 0.605. The second kappa shape index (κ2) is 6.02. The molecule has 0 aromatic carbocycles. The van der Waals surface area contributed by atoms with Crippen LogP contribution in [0.3, 0.4) is 0 Å². The van der Waals surface area contributed by atoms with Crippen molar-refractivity contribution in [3.8, 4) is 0 Å². The van der Waals surface area contributed by atoms with Crippen molar-refractivity contribution in [2.45, 2.75) is 45.6 Å². The zero-order valence-corrected chi connectivity index (χ0v) is 9.31. The summed E-state index contributed by atoms with van der Waals surface area (Å²) in [6, 6.07) is 0.382. The lowest BCUT2D eigenvalue weighted by Gasteiger charge is -2.08. The van der Waals surface area contributed by atoms with E-state index in [-0.39, 0.29) is 5.91 Å². The van der Waals surface area contributed by atoms with Gasteiger partial charge in [0, 0.05) is 12.6 Å². The number of rotatable bonds is 7. The average molecular weight is 198 g/mol. The number of carbonyl (C=O) groups excluding carboxylic acids is 1. The van der Waals surface area contributed by atoms with Gasteiger partial charge >= 0.3 is 0 Å². The molecule has 82 valence electrons. The first-order valence-corrected chi connectivity index (χ1v) is 5.68. The van der Waals surface area contributed by atoms with Crippen molar-refractivity contribution in [2.75, 3.05) is 13.1 Å². The van der Waals surface area contributed by atoms with Crippen molar-refractivity contribution in [2.24, 2.45) is 5.92 Å². The van der Waals surface area contributed by atoms with E-state index in [4.69, 9.17) is 0 Å². The van der Waals surface area contributed by atoms with Gasteiger partial charge in [-0.05, 0) is 18.8 Å². The number of hydrogen-bond acceptors (Lipinski definition) is 2. The maximum absolute atomic E-state index is 11.2. The van der Waals surface area contributed by atoms with Crippen molar-refractivity contribution in [1.29, 1.82) is 0 Å². The van der Waals surface area contributed by atoms with Crippen LogP contribution in [-0.4, -0.2) is 25.0 Å². The van der Waals surface area contributed by atoms with Gasteiger partial charge < -0.3 is 10.6 Å². The first-order valence-electron chi connectivity index (χ1n) is 5.68. The molecule has 1 amide bonds. The molecule has 1 aliphatic carbocycles. The van der Waals surface area contributed by atoms with E-state index in [1.165, 1.54) is 19.3 Å². The van der Waals surface area contributed by atoms with Crippen molar-refractivity contribution < 1.29 is 4.79 Å². The van der Waals surface area contributed by atoms with Crippen molar-refractivity contribution >= 4 is 5.91 Å². The molecule has 0 aromatic rings. The smallest absolute Gasteiger partial charge is 0.233 e. The molecule has 0 atom stereocenters. The lowest BCUT2D eigenvalue weighted by Crippen LogP contribution is -2.37. The molecule has 14 heavy (non-hydrogen) atoms. The van der Waals surface area contributed by atoms with Gasteiger partial charge in [0.05, 0.1) is 6.54 Å². The van der Waals surface area contributed by atoms with E-state index >= 15 is 0 Å². The number of amides is 1. The Kier molecular flexibility index (Phi) is 4.94. The normalized spacial score (nSPS) is 15.9. The van der Waals surface area contributed by atoms with Gasteiger partial charge in [-0.1, -0.05) is 26.7 Å². The van der Waals surface area contributed by atoms with Gasteiger partial charge in [0.1, 0.15) is 0 Å². The van der Waals surface area contributed by atoms with Crippen LogP contribution in [0.4, 0.5) is 0 Å². The highest BCUT2D eigenvalue weighted by Crippen LogP contribution is 2.33. The first-order chi connectivity index (χ1) is 6.68. The van der Waals surface area contributed by atoms with E-state index in [2.05, 4.69) is 10.6 Å². The van der Waals surface area contributed by atoms with Crippen LogP contribution in [0.15, 0.2) is 0 Å². The molecule has 0 spiro atoms. The fourth-order valence-electron chi connectivity index (χ4n) is 1.38. The van der Waals surface area contributed by atoms with Gasteiger partial charge in [0.25, 0.3) is 0 Å². The molecule has 1 saturated carbocycles. The molecule has 1 fully saturated rings. The van der Waals surface area contributed by atoms with Gasteiger partial charge in [-0.3, -0.25) is 4.79 Å². The van der Waals surface area contributed by atoms with Crippen molar-refractivity contribution in [1.82, 2.24) is 10.6 Å². The summed E-state index contributed by atoms with van der Waals surface area (Å²) in [6.45, 7) is 5.37. The fourth-order valence-corrected chi connectivity index (χ4v) is 1.38. The Morgan fingerprint density at radius 3 is 2.71 bits per heavy atom. The molecule has 3 heteroatoms. The summed E-state index contributed by atoms with van der Waals surface area (Å²) in [5.74, 6) is 1.09. The molecule has 1 rings (SSSR count). The summed E-state index contributed by atoms with van der Waals surface area (Å²) in [6.07, 6.45) is 5.24. The van der Waals surface area contributed by atoms with Gasteiger partial charge in [0.15, 0.2) is 0 Å². The van der Waals surface area contributed by atoms with E-state index in [9.17, 15) is 4.79 Å². The van der Waals surface area contributed by atoms with E-state index in [0.717, 1.165) is 18.9 Å². The van der Waals surface area contributed by atoms with Gasteiger partial charge in [-0.2, -0.15) is 0 Å². The molecule has 2 N–H and O–H groups in total. The third-order valence-corrected chi connectivity index (χ3v) is 2.48. The zero-order valence-electron chi connectivity index (χ0n) is 9.31. The van der Waals surface area contributed by atoms with Crippen LogP contribution in [0.1, 0.15) is 39.5 Å². The minimum absolute atomic E-state index is 0.120. The average Bonchev–Trinajstić information content (AvgIpc) is 2.92. The second-order valence-electron chi connectivity index (χ2n) is 4.47. The molecule has 1 aliphatic rings. The third kappa shape index (κ3) is 5.97. The van der Waals surface area contributed by atoms with Crippen molar-refractivity contribution in [3.05, 3.63) is 0 Å². The van der Waals surface area contributed by atoms with Crippen LogP contribution < -0.4 is 10.6 Å². The predicted octanol–water partition coefficient (Wildman–Crippen LogP) is 1.29. The number of hydrogen-bond donors (Lipinski definition) is 2. The Morgan fingerprint density at radius 1 is 1.43 bits per heavy atom. The summed E-state index contributed by atoms with van der Waals surface area (Å²) >= 11 is 0. The summed E-state index contributed by atoms with van der Waals surface area (Å²) in [7, 11) is 0. The molecule has 0 aliphatic heterocycles. The monoisotopic (exact) mass is 198 g/mol. The van der Waals surface area contributed by atoms with Crippen LogP contribution in [0.2, 0.25) is 0 Å². The zero-order chi connectivity index (χ0) is 10.4. The van der Waals surface area contributed by atoms with Crippen LogP contribution in [0.25, 0.3) is 0 Å². The molecular weight excluding hydrogens is 176 g/mol. The second-order valence-corrected chi connectivity index (χ2v) is 4.47. The first kappa shape index (κ1) is 11.5. The number of carbonyl (C=O) groups is 1. The van der Waals surface area contributed by atoms with Crippen LogP contribution >= 0.6 is 0 Å². The molecule has 0 saturated heterocycles. The Hall–Kier alpha value is -0.570. The standard InChI is InChI=1S/C11H22N2O/c1-9(2)13-8-11(14)12-7-3-4-10-5-6-10/h9-10,13H,3-8H2,1-2H3,(H,12,14). The highest BCUT2D eigenvalue weighted by atomic mass is 16.1. The topological polar surface area (TPSA) is 41.1 Å². The molecule has 0 radical (unpaired) electrons. The lowest BCUT2D eigenvalue weighted by molar-refractivity contribution is -0.120. The minimum atomic E-state index is 0.120. The largest absolute Gasteiger partial charge is 0.355 e. The summed E-state index contributed by atoms with van der Waals surface area (Å²) in [5.41, 5.74) is 0. The molecule has 0 heterocycles. The van der Waals surface area contributed by atoms with Crippen molar-refractivity contribution in [3.63, 3.8) is 0 Å². The third-order valence-electron chi connectivity index (χ3n) is 2.48. The molecule has 0 unspecified atom stereocenters. The summed E-state index contributed by atoms with van der Waals surface area (Å²) in [5, 5.41) is 6.01. The SMILES string of the molecule is CC(C)NCC(=O)NCCCC1CC1. The van der Waals surface area contributed by atoms with Gasteiger partial charge in [0.2, 0.25) is 5.91 Å². The van der Waals surface area contributed by atoms with Crippen LogP contribution in [0.5, 0.6) is 0 Å². The van der Waals surface area contributed by atoms with Gasteiger partial charge in [-0.25, -0.2) is 0 Å². The van der Waals surface area contributed by atoms with Gasteiger partial charge in [-0.15, -0.1) is 0 Å². The Morgan fingerprint density at radius 2 is 2.14 bits per heavy atom. The molecule has 0 aromatic heterocycles. The Labute approximate surface area is 86.6 Å². The van der Waals surface area contributed by atoms with Crippen LogP contribution in [-0.2, 0) is 4.79 Å². The highest BCUT2D eigenvalue weighted by molar-refractivity contribution is 5.77. The van der Waals surface area contributed by atoms with E-state index in [0.29, 0.717) is 12.6 Å². The minimum Gasteiger partial charge on any atom is -0.355 e. The summed E-state index contributed by atoms with van der Waals surface area (Å²) < 4.78 is 0. The maximum Gasteiger partial charge on any atom is 0.233 e. The van der Waals surface area contributed by atoms with E-state index in [1.807, 2.05) is 13.8 Å². The number of nitrogens with one attached hydrogen (secondary N) is 2.